The molecule has 0 fully saturated rings. The summed E-state index contributed by atoms with van der Waals surface area (Å²) in [7, 11) is 1.50. The largest absolute Gasteiger partial charge is 0.497 e. The Hall–Kier alpha value is -3.48. The molecule has 0 aliphatic carbocycles. The van der Waals surface area contributed by atoms with Gasteiger partial charge in [0.25, 0.3) is 5.69 Å². The molecule has 120 valence electrons. The molecule has 2 aromatic carbocycles. The highest BCUT2D eigenvalue weighted by atomic mass is 16.6. The van der Waals surface area contributed by atoms with E-state index in [0.29, 0.717) is 27.8 Å². The van der Waals surface area contributed by atoms with E-state index in [-0.39, 0.29) is 11.3 Å². The number of hydrogen-bond acceptors (Lipinski definition) is 5. The number of non-ortho nitro benzene ring substituents is 1. The lowest BCUT2D eigenvalue weighted by atomic mass is 10.0. The van der Waals surface area contributed by atoms with Crippen molar-refractivity contribution in [3.63, 3.8) is 0 Å². The zero-order valence-electron chi connectivity index (χ0n) is 12.6. The van der Waals surface area contributed by atoms with Crippen LogP contribution >= 0.6 is 0 Å². The highest BCUT2D eigenvalue weighted by Crippen LogP contribution is 2.32. The van der Waals surface area contributed by atoms with Crippen molar-refractivity contribution in [2.45, 2.75) is 0 Å². The minimum absolute atomic E-state index is 0.0214. The van der Waals surface area contributed by atoms with Crippen LogP contribution in [0.4, 0.5) is 5.69 Å². The molecule has 3 rings (SSSR count). The second-order valence-corrected chi connectivity index (χ2v) is 5.04. The van der Waals surface area contributed by atoms with Crippen molar-refractivity contribution in [3.8, 4) is 17.0 Å². The van der Waals surface area contributed by atoms with E-state index in [2.05, 4.69) is 4.98 Å². The molecule has 0 saturated heterocycles. The minimum Gasteiger partial charge on any atom is -0.497 e. The number of fused-ring (bicyclic) bond motifs is 1. The number of benzene rings is 2. The maximum atomic E-state index is 11.4. The molecule has 1 N–H and O–H groups in total. The van der Waals surface area contributed by atoms with Crippen LogP contribution in [0.3, 0.4) is 0 Å². The van der Waals surface area contributed by atoms with E-state index in [4.69, 9.17) is 4.74 Å². The van der Waals surface area contributed by atoms with Gasteiger partial charge in [-0.3, -0.25) is 15.1 Å². The van der Waals surface area contributed by atoms with E-state index in [0.717, 1.165) is 0 Å². The van der Waals surface area contributed by atoms with E-state index < -0.39 is 10.9 Å². The van der Waals surface area contributed by atoms with Crippen molar-refractivity contribution in [1.29, 1.82) is 0 Å². The number of carboxylic acid groups (broad SMARTS) is 1. The highest BCUT2D eigenvalue weighted by molar-refractivity contribution is 6.07. The summed E-state index contributed by atoms with van der Waals surface area (Å²) in [6.07, 6.45) is 1.28. The third kappa shape index (κ3) is 2.63. The molecule has 0 atom stereocenters. The number of aromatic nitrogens is 1. The van der Waals surface area contributed by atoms with Crippen molar-refractivity contribution in [1.82, 2.24) is 4.98 Å². The summed E-state index contributed by atoms with van der Waals surface area (Å²) in [6, 6.07) is 11.0. The van der Waals surface area contributed by atoms with Crippen molar-refractivity contribution in [2.24, 2.45) is 0 Å². The Bertz CT molecular complexity index is 951. The molecule has 3 aromatic rings. The fraction of sp³-hybridized carbons (Fsp3) is 0.0588. The molecule has 7 heteroatoms. The molecule has 0 radical (unpaired) electrons. The normalized spacial score (nSPS) is 10.5. The minimum atomic E-state index is -1.09. The van der Waals surface area contributed by atoms with Gasteiger partial charge in [0.1, 0.15) is 5.75 Å². The maximum Gasteiger partial charge on any atom is 0.337 e. The number of nitro groups is 1. The Morgan fingerprint density at radius 3 is 2.46 bits per heavy atom. The second kappa shape index (κ2) is 5.96. The zero-order chi connectivity index (χ0) is 17.3. The lowest BCUT2D eigenvalue weighted by Gasteiger charge is -2.10. The number of nitro benzene ring substituents is 1. The number of carboxylic acids is 1. The molecule has 7 nitrogen and oxygen atoms in total. The van der Waals surface area contributed by atoms with Gasteiger partial charge in [-0.05, 0) is 30.3 Å². The quantitative estimate of drug-likeness (QED) is 0.582. The Morgan fingerprint density at radius 1 is 1.17 bits per heavy atom. The van der Waals surface area contributed by atoms with Crippen LogP contribution in [0.15, 0.2) is 48.7 Å². The van der Waals surface area contributed by atoms with E-state index >= 15 is 0 Å². The summed E-state index contributed by atoms with van der Waals surface area (Å²) < 4.78 is 5.16. The molecule has 0 amide bonds. The monoisotopic (exact) mass is 324 g/mol. The molecule has 0 bridgehead atoms. The Labute approximate surface area is 136 Å². The lowest BCUT2D eigenvalue weighted by Crippen LogP contribution is -2.00. The average molecular weight is 324 g/mol. The van der Waals surface area contributed by atoms with Crippen molar-refractivity contribution < 1.29 is 19.6 Å². The van der Waals surface area contributed by atoms with Gasteiger partial charge in [-0.2, -0.15) is 0 Å². The number of rotatable bonds is 4. The third-order valence-corrected chi connectivity index (χ3v) is 3.68. The van der Waals surface area contributed by atoms with E-state index in [1.807, 2.05) is 0 Å². The first-order valence-electron chi connectivity index (χ1n) is 6.96. The summed E-state index contributed by atoms with van der Waals surface area (Å²) in [5.41, 5.74) is 1.25. The Balaban J connectivity index is 2.23. The average Bonchev–Trinajstić information content (AvgIpc) is 2.60. The van der Waals surface area contributed by atoms with Crippen LogP contribution in [0.2, 0.25) is 0 Å². The first kappa shape index (κ1) is 15.4. The third-order valence-electron chi connectivity index (χ3n) is 3.68. The second-order valence-electron chi connectivity index (χ2n) is 5.04. The fourth-order valence-electron chi connectivity index (χ4n) is 2.49. The van der Waals surface area contributed by atoms with Crippen molar-refractivity contribution in [2.75, 3.05) is 7.11 Å². The SMILES string of the molecule is COc1ccc2c(-c3ccc([N+](=O)[O-])cc3)ncc(C(=O)O)c2c1. The van der Waals surface area contributed by atoms with Gasteiger partial charge in [0.15, 0.2) is 0 Å². The van der Waals surface area contributed by atoms with Gasteiger partial charge in [-0.25, -0.2) is 4.79 Å². The van der Waals surface area contributed by atoms with Crippen LogP contribution in [0, 0.1) is 10.1 Å². The molecule has 0 aliphatic heterocycles. The van der Waals surface area contributed by atoms with Gasteiger partial charge in [0, 0.05) is 34.7 Å². The molecule has 0 spiro atoms. The highest BCUT2D eigenvalue weighted by Gasteiger charge is 2.15. The standard InChI is InChI=1S/C17H12N2O5/c1-24-12-6-7-13-14(8-12)15(17(20)21)9-18-16(13)10-2-4-11(5-3-10)19(22)23/h2-9H,1H3,(H,20,21). The molecule has 24 heavy (non-hydrogen) atoms. The van der Waals surface area contributed by atoms with E-state index in [9.17, 15) is 20.0 Å². The first-order chi connectivity index (χ1) is 11.5. The van der Waals surface area contributed by atoms with Crippen LogP contribution in [0.1, 0.15) is 10.4 Å². The number of pyridine rings is 1. The number of aromatic carboxylic acids is 1. The van der Waals surface area contributed by atoms with Crippen molar-refractivity contribution in [3.05, 3.63) is 64.3 Å². The summed E-state index contributed by atoms with van der Waals surface area (Å²) in [6.45, 7) is 0. The number of methoxy groups -OCH3 is 1. The lowest BCUT2D eigenvalue weighted by molar-refractivity contribution is -0.384. The summed E-state index contributed by atoms with van der Waals surface area (Å²) in [4.78, 5) is 25.9. The van der Waals surface area contributed by atoms with Gasteiger partial charge in [0.05, 0.1) is 23.3 Å². The van der Waals surface area contributed by atoms with Gasteiger partial charge >= 0.3 is 5.97 Å². The van der Waals surface area contributed by atoms with Crippen LogP contribution in [-0.2, 0) is 0 Å². The summed E-state index contributed by atoms with van der Waals surface area (Å²) >= 11 is 0. The number of hydrogen-bond donors (Lipinski definition) is 1. The summed E-state index contributed by atoms with van der Waals surface area (Å²) in [5.74, 6) is -0.554. The molecule has 0 saturated carbocycles. The molecular weight excluding hydrogens is 312 g/mol. The van der Waals surface area contributed by atoms with Crippen LogP contribution in [0.25, 0.3) is 22.0 Å². The molecule has 0 aliphatic rings. The van der Waals surface area contributed by atoms with Gasteiger partial charge < -0.3 is 9.84 Å². The summed E-state index contributed by atoms with van der Waals surface area (Å²) in [5, 5.41) is 21.2. The predicted molar refractivity (Wildman–Crippen MR) is 87.3 cm³/mol. The Morgan fingerprint density at radius 2 is 1.88 bits per heavy atom. The van der Waals surface area contributed by atoms with E-state index in [1.165, 1.54) is 25.4 Å². The first-order valence-corrected chi connectivity index (χ1v) is 6.96. The van der Waals surface area contributed by atoms with Crippen molar-refractivity contribution >= 4 is 22.4 Å². The van der Waals surface area contributed by atoms with Gasteiger partial charge in [0.2, 0.25) is 0 Å². The maximum absolute atomic E-state index is 11.4. The van der Waals surface area contributed by atoms with Gasteiger partial charge in [-0.15, -0.1) is 0 Å². The number of carbonyl (C=O) groups is 1. The predicted octanol–water partition coefficient (Wildman–Crippen LogP) is 3.52. The fourth-order valence-corrected chi connectivity index (χ4v) is 2.49. The Kier molecular flexibility index (Phi) is 3.83. The molecule has 1 aromatic heterocycles. The zero-order valence-corrected chi connectivity index (χ0v) is 12.6. The smallest absolute Gasteiger partial charge is 0.337 e. The topological polar surface area (TPSA) is 103 Å². The van der Waals surface area contributed by atoms with Crippen LogP contribution < -0.4 is 4.74 Å². The van der Waals surface area contributed by atoms with Crippen LogP contribution in [-0.4, -0.2) is 28.1 Å². The number of ether oxygens (including phenoxy) is 1. The van der Waals surface area contributed by atoms with Crippen LogP contribution in [0.5, 0.6) is 5.75 Å². The van der Waals surface area contributed by atoms with E-state index in [1.54, 1.807) is 30.3 Å². The number of nitrogens with zero attached hydrogens (tertiary/aromatic N) is 2. The molecular formula is C17H12N2O5. The molecule has 1 heterocycles. The van der Waals surface area contributed by atoms with Gasteiger partial charge in [-0.1, -0.05) is 0 Å². The molecule has 0 unspecified atom stereocenters.